The molecule has 0 aromatic heterocycles. The highest BCUT2D eigenvalue weighted by Crippen LogP contribution is 2.25. The van der Waals surface area contributed by atoms with E-state index in [-0.39, 0.29) is 0 Å². The molecule has 0 bridgehead atoms. The number of unbranched alkanes of at least 4 members (excludes halogenated alkanes) is 2. The molecule has 86 valence electrons. The van der Waals surface area contributed by atoms with Gasteiger partial charge in [0.25, 0.3) is 0 Å². The average molecular weight is 206 g/mol. The third kappa shape index (κ3) is 5.81. The van der Waals surface area contributed by atoms with Gasteiger partial charge in [-0.3, -0.25) is 0 Å². The molecule has 0 spiro atoms. The van der Waals surface area contributed by atoms with Gasteiger partial charge in [0.05, 0.1) is 0 Å². The lowest BCUT2D eigenvalue weighted by atomic mass is 9.88. The summed E-state index contributed by atoms with van der Waals surface area (Å²) in [7, 11) is 0. The van der Waals surface area contributed by atoms with Gasteiger partial charge in [0.2, 0.25) is 0 Å². The van der Waals surface area contributed by atoms with Crippen LogP contribution < -0.4 is 0 Å². The van der Waals surface area contributed by atoms with Crippen LogP contribution in [-0.4, -0.2) is 0 Å². The molecule has 0 N–H and O–H groups in total. The number of hydrogen-bond acceptors (Lipinski definition) is 0. The van der Waals surface area contributed by atoms with E-state index in [1.807, 2.05) is 0 Å². The number of allylic oxidation sites excluding steroid dienone is 4. The first-order chi connectivity index (χ1) is 7.33. The Bertz CT molecular complexity index is 204. The quantitative estimate of drug-likeness (QED) is 0.425. The highest BCUT2D eigenvalue weighted by molar-refractivity contribution is 5.17. The van der Waals surface area contributed by atoms with E-state index in [0.717, 1.165) is 5.92 Å². The second-order valence-electron chi connectivity index (χ2n) is 4.85. The first-order valence-electron chi connectivity index (χ1n) is 6.68. The van der Waals surface area contributed by atoms with Crippen molar-refractivity contribution in [2.45, 2.75) is 65.2 Å². The molecular weight excluding hydrogens is 180 g/mol. The summed E-state index contributed by atoms with van der Waals surface area (Å²) in [4.78, 5) is 0. The van der Waals surface area contributed by atoms with Gasteiger partial charge in [-0.2, -0.15) is 0 Å². The fourth-order valence-electron chi connectivity index (χ4n) is 2.32. The molecule has 15 heavy (non-hydrogen) atoms. The predicted molar refractivity (Wildman–Crippen MR) is 69.0 cm³/mol. The molecule has 0 aromatic rings. The lowest BCUT2D eigenvalue weighted by molar-refractivity contribution is 0.418. The molecule has 0 saturated heterocycles. The normalized spacial score (nSPS) is 20.0. The zero-order valence-corrected chi connectivity index (χ0v) is 10.5. The van der Waals surface area contributed by atoms with E-state index in [2.05, 4.69) is 32.1 Å². The van der Waals surface area contributed by atoms with Crippen LogP contribution in [0.15, 0.2) is 23.8 Å². The van der Waals surface area contributed by atoms with E-state index < -0.39 is 0 Å². The molecule has 0 aromatic carbocycles. The molecule has 1 aliphatic carbocycles. The summed E-state index contributed by atoms with van der Waals surface area (Å²) in [6, 6.07) is 0. The van der Waals surface area contributed by atoms with Gasteiger partial charge < -0.3 is 0 Å². The second-order valence-corrected chi connectivity index (χ2v) is 4.85. The van der Waals surface area contributed by atoms with Crippen molar-refractivity contribution < 1.29 is 0 Å². The Morgan fingerprint density at radius 3 is 2.60 bits per heavy atom. The minimum atomic E-state index is 0.870. The van der Waals surface area contributed by atoms with Crippen LogP contribution in [0.3, 0.4) is 0 Å². The van der Waals surface area contributed by atoms with E-state index in [1.54, 1.807) is 0 Å². The largest absolute Gasteiger partial charge is 0.0843 e. The predicted octanol–water partition coefficient (Wildman–Crippen LogP) is 5.26. The minimum absolute atomic E-state index is 0.870. The van der Waals surface area contributed by atoms with E-state index >= 15 is 0 Å². The topological polar surface area (TPSA) is 0 Å². The summed E-state index contributed by atoms with van der Waals surface area (Å²) in [6.45, 7) is 4.50. The summed E-state index contributed by atoms with van der Waals surface area (Å²) in [5, 5.41) is 0. The summed E-state index contributed by atoms with van der Waals surface area (Å²) >= 11 is 0. The van der Waals surface area contributed by atoms with Crippen molar-refractivity contribution in [3.05, 3.63) is 23.8 Å². The second kappa shape index (κ2) is 7.73. The van der Waals surface area contributed by atoms with Crippen LogP contribution in [0, 0.1) is 5.92 Å². The highest BCUT2D eigenvalue weighted by atomic mass is 14.2. The molecule has 0 heterocycles. The molecule has 0 heteroatoms. The van der Waals surface area contributed by atoms with Gasteiger partial charge in [-0.15, -0.1) is 0 Å². The Morgan fingerprint density at radius 1 is 1.20 bits per heavy atom. The maximum atomic E-state index is 2.49. The van der Waals surface area contributed by atoms with Gasteiger partial charge in [-0.1, -0.05) is 62.8 Å². The van der Waals surface area contributed by atoms with E-state index in [4.69, 9.17) is 0 Å². The van der Waals surface area contributed by atoms with Gasteiger partial charge in [0.1, 0.15) is 0 Å². The van der Waals surface area contributed by atoms with Crippen LogP contribution in [-0.2, 0) is 0 Å². The first kappa shape index (κ1) is 12.5. The molecule has 1 rings (SSSR count). The minimum Gasteiger partial charge on any atom is -0.0843 e. The van der Waals surface area contributed by atoms with Crippen LogP contribution in [0.1, 0.15) is 65.2 Å². The molecule has 0 amide bonds. The van der Waals surface area contributed by atoms with Crippen LogP contribution in [0.25, 0.3) is 0 Å². The Hall–Kier alpha value is -0.520. The van der Waals surface area contributed by atoms with E-state index in [9.17, 15) is 0 Å². The maximum Gasteiger partial charge on any atom is -0.0228 e. The molecule has 1 saturated carbocycles. The number of rotatable bonds is 5. The molecule has 1 aliphatic rings. The third-order valence-electron chi connectivity index (χ3n) is 3.25. The van der Waals surface area contributed by atoms with Gasteiger partial charge in [0, 0.05) is 0 Å². The van der Waals surface area contributed by atoms with Crippen molar-refractivity contribution in [3.63, 3.8) is 0 Å². The Kier molecular flexibility index (Phi) is 6.47. The standard InChI is InChI=1S/C15H26/c1-3-4-5-7-10-14(2)13-15-11-8-6-9-12-15/h7,10,13,15H,3-6,8-9,11-12H2,1-2H3/b10-7+,14-13+. The van der Waals surface area contributed by atoms with Crippen LogP contribution in [0.2, 0.25) is 0 Å². The highest BCUT2D eigenvalue weighted by Gasteiger charge is 2.09. The fraction of sp³-hybridized carbons (Fsp3) is 0.733. The monoisotopic (exact) mass is 206 g/mol. The van der Waals surface area contributed by atoms with Crippen molar-refractivity contribution in [2.24, 2.45) is 5.92 Å². The maximum absolute atomic E-state index is 2.49. The summed E-state index contributed by atoms with van der Waals surface area (Å²) in [5.41, 5.74) is 1.47. The Balaban J connectivity index is 2.27. The van der Waals surface area contributed by atoms with Crippen molar-refractivity contribution in [2.75, 3.05) is 0 Å². The van der Waals surface area contributed by atoms with Crippen molar-refractivity contribution >= 4 is 0 Å². The molecule has 1 fully saturated rings. The first-order valence-corrected chi connectivity index (χ1v) is 6.68. The Morgan fingerprint density at radius 2 is 1.93 bits per heavy atom. The van der Waals surface area contributed by atoms with Crippen LogP contribution in [0.4, 0.5) is 0 Å². The SMILES string of the molecule is CCCC/C=C/C(C)=C/C1CCCCC1. The molecule has 0 aliphatic heterocycles. The lowest BCUT2D eigenvalue weighted by Gasteiger charge is -2.18. The third-order valence-corrected chi connectivity index (χ3v) is 3.25. The average Bonchev–Trinajstić information content (AvgIpc) is 2.26. The summed E-state index contributed by atoms with van der Waals surface area (Å²) in [6.07, 6.45) is 18.2. The number of hydrogen-bond donors (Lipinski definition) is 0. The summed E-state index contributed by atoms with van der Waals surface area (Å²) < 4.78 is 0. The van der Waals surface area contributed by atoms with Crippen molar-refractivity contribution in [1.29, 1.82) is 0 Å². The zero-order valence-electron chi connectivity index (χ0n) is 10.5. The molecule has 0 nitrogen and oxygen atoms in total. The molecule has 0 atom stereocenters. The molecule has 0 radical (unpaired) electrons. The van der Waals surface area contributed by atoms with E-state index in [1.165, 1.54) is 56.9 Å². The summed E-state index contributed by atoms with van der Waals surface area (Å²) in [5.74, 6) is 0.870. The fourth-order valence-corrected chi connectivity index (χ4v) is 2.32. The smallest absolute Gasteiger partial charge is 0.0228 e. The zero-order chi connectivity index (χ0) is 10.9. The van der Waals surface area contributed by atoms with Gasteiger partial charge in [0.15, 0.2) is 0 Å². The van der Waals surface area contributed by atoms with Crippen molar-refractivity contribution in [1.82, 2.24) is 0 Å². The lowest BCUT2D eigenvalue weighted by Crippen LogP contribution is -2.03. The van der Waals surface area contributed by atoms with Gasteiger partial charge >= 0.3 is 0 Å². The van der Waals surface area contributed by atoms with Crippen LogP contribution in [0.5, 0.6) is 0 Å². The van der Waals surface area contributed by atoms with Crippen LogP contribution >= 0.6 is 0 Å². The van der Waals surface area contributed by atoms with Gasteiger partial charge in [-0.05, 0) is 32.1 Å². The Labute approximate surface area is 95.5 Å². The van der Waals surface area contributed by atoms with E-state index in [0.29, 0.717) is 0 Å². The molecule has 0 unspecified atom stereocenters. The molecular formula is C15H26. The van der Waals surface area contributed by atoms with Crippen molar-refractivity contribution in [3.8, 4) is 0 Å². The van der Waals surface area contributed by atoms with Gasteiger partial charge in [-0.25, -0.2) is 0 Å².